The van der Waals surface area contributed by atoms with Gasteiger partial charge in [-0.3, -0.25) is 4.79 Å². The number of hydrogen-bond donors (Lipinski definition) is 0. The summed E-state index contributed by atoms with van der Waals surface area (Å²) in [5, 5.41) is 0. The highest BCUT2D eigenvalue weighted by Gasteiger charge is 2.18. The number of esters is 1. The van der Waals surface area contributed by atoms with Gasteiger partial charge in [0.05, 0.1) is 6.10 Å². The van der Waals surface area contributed by atoms with E-state index >= 15 is 0 Å². The Balaban J connectivity index is 1.22. The van der Waals surface area contributed by atoms with E-state index in [0.29, 0.717) is 16.9 Å². The zero-order valence-corrected chi connectivity index (χ0v) is 22.7. The molecule has 1 aliphatic rings. The Morgan fingerprint density at radius 1 is 0.750 bits per heavy atom. The highest BCUT2D eigenvalue weighted by atomic mass is 16.5. The Kier molecular flexibility index (Phi) is 8.08. The first-order valence-electron chi connectivity index (χ1n) is 13.3. The van der Waals surface area contributed by atoms with E-state index in [1.807, 2.05) is 79.7 Å². The molecule has 202 valence electrons. The molecule has 6 nitrogen and oxygen atoms in total. The second kappa shape index (κ2) is 12.0. The van der Waals surface area contributed by atoms with Gasteiger partial charge in [-0.15, -0.1) is 0 Å². The number of rotatable bonds is 9. The van der Waals surface area contributed by atoms with Crippen LogP contribution in [0.5, 0.6) is 5.75 Å². The number of hydrogen-bond acceptors (Lipinski definition) is 6. The van der Waals surface area contributed by atoms with Gasteiger partial charge >= 0.3 is 5.97 Å². The Hall–Kier alpha value is -4.68. The van der Waals surface area contributed by atoms with Crippen molar-refractivity contribution in [2.75, 3.05) is 30.5 Å². The Labute approximate surface area is 235 Å². The number of nitrogens with zero attached hydrogens (tertiary/aromatic N) is 2. The SMILES string of the molecule is C=CC(=O)Oc1ccc(N(C)c2ccc(C(=O)c3ccc(N(C)c4ccc(C5CCCO5)cc4)cc3)cc2)cc1. The van der Waals surface area contributed by atoms with Crippen molar-refractivity contribution in [2.24, 2.45) is 0 Å². The molecule has 40 heavy (non-hydrogen) atoms. The van der Waals surface area contributed by atoms with Crippen molar-refractivity contribution in [3.63, 3.8) is 0 Å². The number of benzene rings is 4. The Morgan fingerprint density at radius 3 is 1.62 bits per heavy atom. The molecule has 1 fully saturated rings. The molecule has 1 heterocycles. The molecule has 5 rings (SSSR count). The molecule has 6 heteroatoms. The average Bonchev–Trinajstić information content (AvgIpc) is 3.56. The van der Waals surface area contributed by atoms with E-state index in [2.05, 4.69) is 35.7 Å². The summed E-state index contributed by atoms with van der Waals surface area (Å²) in [5.74, 6) is -0.0757. The molecule has 1 saturated heterocycles. The molecule has 4 aromatic rings. The predicted octanol–water partition coefficient (Wildman–Crippen LogP) is 7.40. The molecule has 0 aromatic heterocycles. The molecule has 1 aliphatic heterocycles. The normalized spacial score (nSPS) is 14.4. The van der Waals surface area contributed by atoms with E-state index in [0.717, 1.165) is 48.3 Å². The van der Waals surface area contributed by atoms with Crippen molar-refractivity contribution in [1.82, 2.24) is 0 Å². The summed E-state index contributed by atoms with van der Waals surface area (Å²) in [6.45, 7) is 4.24. The molecule has 0 bridgehead atoms. The van der Waals surface area contributed by atoms with Gasteiger partial charge in [-0.25, -0.2) is 4.79 Å². The summed E-state index contributed by atoms with van der Waals surface area (Å²) >= 11 is 0. The summed E-state index contributed by atoms with van der Waals surface area (Å²) < 4.78 is 10.9. The largest absolute Gasteiger partial charge is 0.423 e. The zero-order chi connectivity index (χ0) is 28.1. The molecule has 0 spiro atoms. The Morgan fingerprint density at radius 2 is 1.20 bits per heavy atom. The summed E-state index contributed by atoms with van der Waals surface area (Å²) in [6.07, 6.45) is 3.53. The van der Waals surface area contributed by atoms with Crippen LogP contribution in [0.4, 0.5) is 22.7 Å². The third-order valence-electron chi connectivity index (χ3n) is 7.22. The van der Waals surface area contributed by atoms with Crippen LogP contribution in [-0.4, -0.2) is 32.5 Å². The van der Waals surface area contributed by atoms with Gasteiger partial charge in [0.1, 0.15) is 5.75 Å². The third kappa shape index (κ3) is 5.98. The zero-order valence-electron chi connectivity index (χ0n) is 22.7. The van der Waals surface area contributed by atoms with Gasteiger partial charge in [0, 0.05) is 60.7 Å². The average molecular weight is 533 g/mol. The van der Waals surface area contributed by atoms with E-state index in [1.165, 1.54) is 5.56 Å². The van der Waals surface area contributed by atoms with Gasteiger partial charge in [-0.2, -0.15) is 0 Å². The van der Waals surface area contributed by atoms with Crippen LogP contribution in [-0.2, 0) is 9.53 Å². The van der Waals surface area contributed by atoms with Crippen molar-refractivity contribution < 1.29 is 19.1 Å². The van der Waals surface area contributed by atoms with Crippen LogP contribution < -0.4 is 14.5 Å². The van der Waals surface area contributed by atoms with Gasteiger partial charge in [0.25, 0.3) is 0 Å². The topological polar surface area (TPSA) is 59.1 Å². The van der Waals surface area contributed by atoms with E-state index in [9.17, 15) is 9.59 Å². The molecule has 0 radical (unpaired) electrons. The van der Waals surface area contributed by atoms with E-state index in [-0.39, 0.29) is 11.9 Å². The van der Waals surface area contributed by atoms with Crippen LogP contribution in [0, 0.1) is 0 Å². The standard InChI is InChI=1S/C34H32N2O4/c1-4-33(37)40-31-21-19-30(20-22-31)36(3)29-17-11-26(12-18-29)34(38)25-9-15-28(16-10-25)35(2)27-13-7-24(8-14-27)32-6-5-23-39-32/h4,7-22,32H,1,5-6,23H2,2-3H3. The molecule has 1 unspecified atom stereocenters. The van der Waals surface area contributed by atoms with Crippen LogP contribution in [0.2, 0.25) is 0 Å². The first kappa shape index (κ1) is 26.9. The van der Waals surface area contributed by atoms with Gasteiger partial charge in [-0.05, 0) is 103 Å². The molecular weight excluding hydrogens is 500 g/mol. The smallest absolute Gasteiger partial charge is 0.335 e. The number of ether oxygens (including phenoxy) is 2. The van der Waals surface area contributed by atoms with Crippen LogP contribution >= 0.6 is 0 Å². The molecule has 0 amide bonds. The van der Waals surface area contributed by atoms with Crippen molar-refractivity contribution >= 4 is 34.5 Å². The van der Waals surface area contributed by atoms with E-state index < -0.39 is 5.97 Å². The van der Waals surface area contributed by atoms with Gasteiger partial charge in [0.2, 0.25) is 0 Å². The minimum absolute atomic E-state index is 0.0299. The first-order valence-corrected chi connectivity index (χ1v) is 13.3. The second-order valence-corrected chi connectivity index (χ2v) is 9.75. The van der Waals surface area contributed by atoms with Crippen LogP contribution in [0.15, 0.2) is 110 Å². The molecule has 0 saturated carbocycles. The molecule has 0 aliphatic carbocycles. The van der Waals surface area contributed by atoms with E-state index in [4.69, 9.17) is 9.47 Å². The maximum absolute atomic E-state index is 13.2. The van der Waals surface area contributed by atoms with Crippen molar-refractivity contribution in [2.45, 2.75) is 18.9 Å². The maximum Gasteiger partial charge on any atom is 0.335 e. The van der Waals surface area contributed by atoms with Gasteiger partial charge in [-0.1, -0.05) is 18.7 Å². The predicted molar refractivity (Wildman–Crippen MR) is 159 cm³/mol. The first-order chi connectivity index (χ1) is 19.4. The van der Waals surface area contributed by atoms with Crippen molar-refractivity contribution in [1.29, 1.82) is 0 Å². The summed E-state index contributed by atoms with van der Waals surface area (Å²) in [7, 11) is 3.96. The number of carbonyl (C=O) groups is 2. The fourth-order valence-electron chi connectivity index (χ4n) is 4.79. The Bertz CT molecular complexity index is 1470. The fourth-order valence-corrected chi connectivity index (χ4v) is 4.79. The molecule has 1 atom stereocenters. The lowest BCUT2D eigenvalue weighted by Gasteiger charge is -2.21. The van der Waals surface area contributed by atoms with Gasteiger partial charge in [0.15, 0.2) is 5.78 Å². The van der Waals surface area contributed by atoms with Crippen LogP contribution in [0.25, 0.3) is 0 Å². The number of anilines is 4. The number of carbonyl (C=O) groups excluding carboxylic acids is 2. The molecular formula is C34H32N2O4. The lowest BCUT2D eigenvalue weighted by atomic mass is 10.0. The highest BCUT2D eigenvalue weighted by Crippen LogP contribution is 2.31. The number of ketones is 1. The monoisotopic (exact) mass is 532 g/mol. The summed E-state index contributed by atoms with van der Waals surface area (Å²) in [5.41, 5.74) is 6.40. The lowest BCUT2D eigenvalue weighted by molar-refractivity contribution is -0.128. The quantitative estimate of drug-likeness (QED) is 0.0969. The molecule has 0 N–H and O–H groups in total. The van der Waals surface area contributed by atoms with Crippen molar-refractivity contribution in [3.8, 4) is 5.75 Å². The van der Waals surface area contributed by atoms with Gasteiger partial charge < -0.3 is 19.3 Å². The van der Waals surface area contributed by atoms with Crippen molar-refractivity contribution in [3.05, 3.63) is 126 Å². The molecule has 4 aromatic carbocycles. The lowest BCUT2D eigenvalue weighted by Crippen LogP contribution is -2.11. The van der Waals surface area contributed by atoms with Crippen LogP contribution in [0.1, 0.15) is 40.4 Å². The minimum atomic E-state index is -0.497. The summed E-state index contributed by atoms with van der Waals surface area (Å²) in [6, 6.07) is 30.9. The van der Waals surface area contributed by atoms with Crippen LogP contribution in [0.3, 0.4) is 0 Å². The summed E-state index contributed by atoms with van der Waals surface area (Å²) in [4.78, 5) is 28.7. The van der Waals surface area contributed by atoms with E-state index in [1.54, 1.807) is 12.1 Å². The maximum atomic E-state index is 13.2. The highest BCUT2D eigenvalue weighted by molar-refractivity contribution is 6.09. The second-order valence-electron chi connectivity index (χ2n) is 9.75. The third-order valence-corrected chi connectivity index (χ3v) is 7.22. The fraction of sp³-hybridized carbons (Fsp3) is 0.176. The minimum Gasteiger partial charge on any atom is -0.423 e.